The van der Waals surface area contributed by atoms with Crippen LogP contribution in [0.15, 0.2) is 54.1 Å². The first kappa shape index (κ1) is 30.0. The first-order valence-electron chi connectivity index (χ1n) is 9.03. The van der Waals surface area contributed by atoms with Gasteiger partial charge in [0.1, 0.15) is 0 Å². The van der Waals surface area contributed by atoms with Crippen LogP contribution in [0, 0.1) is 27.7 Å². The summed E-state index contributed by atoms with van der Waals surface area (Å²) < 4.78 is 0. The minimum absolute atomic E-state index is 0. The van der Waals surface area contributed by atoms with Crippen molar-refractivity contribution in [3.05, 3.63) is 94.6 Å². The Kier molecular flexibility index (Phi) is 14.5. The van der Waals surface area contributed by atoms with Crippen LogP contribution in [0.2, 0.25) is 0 Å². The third-order valence-electron chi connectivity index (χ3n) is 4.48. The van der Waals surface area contributed by atoms with Gasteiger partial charge in [0, 0.05) is 6.54 Å². The van der Waals surface area contributed by atoms with E-state index in [0.29, 0.717) is 5.69 Å². The number of benzene rings is 2. The number of likely N-dealkylation sites (N-methyl/N-ethyl adjacent to an activating group) is 1. The van der Waals surface area contributed by atoms with Crippen molar-refractivity contribution in [2.24, 2.45) is 0 Å². The maximum atomic E-state index is 7.54. The molecule has 0 aliphatic heterocycles. The average Bonchev–Trinajstić information content (AvgIpc) is 3.01. The van der Waals surface area contributed by atoms with Crippen molar-refractivity contribution < 1.29 is 21.7 Å². The predicted molar refractivity (Wildman–Crippen MR) is 129 cm³/mol. The van der Waals surface area contributed by atoms with Gasteiger partial charge in [-0.15, -0.1) is 48.2 Å². The number of nitrogens with zero attached hydrogens (tertiary/aromatic N) is 1. The van der Waals surface area contributed by atoms with E-state index in [1.165, 1.54) is 22.3 Å². The Morgan fingerprint density at radius 2 is 1.55 bits per heavy atom. The Bertz CT molecular complexity index is 820. The van der Waals surface area contributed by atoms with Crippen molar-refractivity contribution in [3.8, 4) is 0 Å². The average molecular weight is 467 g/mol. The van der Waals surface area contributed by atoms with Gasteiger partial charge in [0.25, 0.3) is 0 Å². The molecule has 29 heavy (non-hydrogen) atoms. The van der Waals surface area contributed by atoms with Gasteiger partial charge >= 0.3 is 21.7 Å². The molecule has 0 spiro atoms. The predicted octanol–water partition coefficient (Wildman–Crippen LogP) is 7.28. The first-order chi connectivity index (χ1) is 12.3. The van der Waals surface area contributed by atoms with Gasteiger partial charge in [-0.05, 0) is 46.9 Å². The molecule has 0 amide bonds. The Hall–Kier alpha value is -1.16. The fourth-order valence-electron chi connectivity index (χ4n) is 3.26. The van der Waals surface area contributed by atoms with Gasteiger partial charge in [0.05, 0.1) is 0 Å². The van der Waals surface area contributed by atoms with E-state index >= 15 is 0 Å². The second-order valence-electron chi connectivity index (χ2n) is 7.32. The third-order valence-corrected chi connectivity index (χ3v) is 4.48. The molecule has 0 radical (unpaired) electrons. The monoisotopic (exact) mass is 466 g/mol. The van der Waals surface area contributed by atoms with Crippen molar-refractivity contribution in [2.45, 2.75) is 27.2 Å². The number of halogens is 2. The van der Waals surface area contributed by atoms with Gasteiger partial charge < -0.3 is 10.6 Å². The summed E-state index contributed by atoms with van der Waals surface area (Å²) in [6.45, 7) is 11.1. The van der Waals surface area contributed by atoms with E-state index in [-0.39, 0.29) is 46.5 Å². The van der Waals surface area contributed by atoms with Crippen LogP contribution in [0.5, 0.6) is 0 Å². The molecule has 0 heterocycles. The Morgan fingerprint density at radius 1 is 1.00 bits per heavy atom. The molecule has 0 bridgehead atoms. The molecular formula is C24H32Cl2N2Ti. The molecule has 1 aliphatic rings. The van der Waals surface area contributed by atoms with Crippen LogP contribution in [0.4, 0.5) is 5.69 Å². The molecule has 3 rings (SSSR count). The molecule has 0 fully saturated rings. The van der Waals surface area contributed by atoms with Gasteiger partial charge in [0.15, 0.2) is 0 Å². The van der Waals surface area contributed by atoms with E-state index in [0.717, 1.165) is 29.7 Å². The van der Waals surface area contributed by atoms with E-state index < -0.39 is 0 Å². The molecule has 0 saturated heterocycles. The summed E-state index contributed by atoms with van der Waals surface area (Å²) in [6.07, 6.45) is 5.64. The molecule has 0 atom stereocenters. The molecule has 0 saturated carbocycles. The number of nitrogens with one attached hydrogen (secondary N) is 1. The van der Waals surface area contributed by atoms with Crippen LogP contribution in [-0.2, 0) is 21.7 Å². The second kappa shape index (κ2) is 14.0. The molecule has 2 aromatic carbocycles. The van der Waals surface area contributed by atoms with Crippen molar-refractivity contribution in [1.29, 1.82) is 0 Å². The molecule has 0 aromatic heterocycles. The third kappa shape index (κ3) is 9.03. The summed E-state index contributed by atoms with van der Waals surface area (Å²) in [5.41, 5.74) is 16.8. The van der Waals surface area contributed by atoms with Crippen LogP contribution < -0.4 is 0 Å². The number of hydrogen-bond acceptors (Lipinski definition) is 1. The largest absolute Gasteiger partial charge is 2.00 e. The van der Waals surface area contributed by atoms with Gasteiger partial charge in [-0.1, -0.05) is 52.6 Å². The molecule has 5 heteroatoms. The quantitative estimate of drug-likeness (QED) is 0.344. The van der Waals surface area contributed by atoms with Crippen LogP contribution in [0.3, 0.4) is 0 Å². The van der Waals surface area contributed by atoms with Crippen LogP contribution >= 0.6 is 24.8 Å². The van der Waals surface area contributed by atoms with Crippen molar-refractivity contribution in [1.82, 2.24) is 4.90 Å². The number of hydrogen-bond donors (Lipinski definition) is 0. The van der Waals surface area contributed by atoms with E-state index in [2.05, 4.69) is 63.2 Å². The summed E-state index contributed by atoms with van der Waals surface area (Å²) in [6, 6.07) is 12.4. The smallest absolute Gasteiger partial charge is 0.698 e. The second-order valence-corrected chi connectivity index (χ2v) is 7.32. The minimum atomic E-state index is 0. The summed E-state index contributed by atoms with van der Waals surface area (Å²) in [4.78, 5) is 2.20. The van der Waals surface area contributed by atoms with Gasteiger partial charge in [-0.2, -0.15) is 18.6 Å². The molecule has 1 aliphatic carbocycles. The maximum Gasteiger partial charge on any atom is 2.00 e. The Morgan fingerprint density at radius 3 is 2.07 bits per heavy atom. The minimum Gasteiger partial charge on any atom is -0.698 e. The fraction of sp³-hybridized carbons (Fsp3) is 0.292. The Labute approximate surface area is 204 Å². The summed E-state index contributed by atoms with van der Waals surface area (Å²) >= 11 is 0. The van der Waals surface area contributed by atoms with Crippen molar-refractivity contribution in [3.63, 3.8) is 0 Å². The van der Waals surface area contributed by atoms with Gasteiger partial charge in [-0.25, -0.2) is 0 Å². The maximum absolute atomic E-state index is 7.54. The van der Waals surface area contributed by atoms with Crippen LogP contribution in [0.1, 0.15) is 34.2 Å². The summed E-state index contributed by atoms with van der Waals surface area (Å²) in [5, 5.41) is 0. The zero-order valence-corrected chi connectivity index (χ0v) is 21.2. The van der Waals surface area contributed by atoms with Crippen molar-refractivity contribution >= 4 is 36.1 Å². The Balaban J connectivity index is 0. The molecule has 2 aromatic rings. The van der Waals surface area contributed by atoms with Crippen LogP contribution in [0.25, 0.3) is 11.3 Å². The van der Waals surface area contributed by atoms with E-state index in [9.17, 15) is 0 Å². The number of allylic oxidation sites excluding steroid dienone is 2. The van der Waals surface area contributed by atoms with E-state index in [4.69, 9.17) is 5.73 Å². The summed E-state index contributed by atoms with van der Waals surface area (Å²) in [7, 11) is 4.20. The first-order valence-corrected chi connectivity index (χ1v) is 9.03. The summed E-state index contributed by atoms with van der Waals surface area (Å²) in [5.74, 6) is 0. The molecule has 0 unspecified atom stereocenters. The molecule has 1 N–H and O–H groups in total. The standard InChI is InChI=1S/C15H18N.C9H12N.2ClH.Ti/c1-12-6-4-5-7-15(12)14-9-8-13(10-14)11-16(2)3;1-6-4-7(2)9(10)8(3)5-6;;;/h4-8,10H,1,9,11H2,2-3H3;4-5,10H,1-3H3;2*1H;/q2*-1;;;+2. The number of rotatable bonds is 3. The zero-order valence-electron chi connectivity index (χ0n) is 18.0. The zero-order chi connectivity index (χ0) is 19.3. The van der Waals surface area contributed by atoms with Crippen LogP contribution in [-0.4, -0.2) is 25.5 Å². The SMILES string of the molecule is Cc1cc(C)c([NH-])c(C)c1.Cl.Cl.[CH2-]c1ccccc1C1=CC(CN(C)C)=CC1.[Ti+2]. The topological polar surface area (TPSA) is 27.0 Å². The van der Waals surface area contributed by atoms with E-state index in [1.807, 2.05) is 32.0 Å². The molecule has 2 nitrogen and oxygen atoms in total. The van der Waals surface area contributed by atoms with E-state index in [1.54, 1.807) is 0 Å². The normalized spacial score (nSPS) is 11.8. The number of aryl methyl sites for hydroxylation is 3. The van der Waals surface area contributed by atoms with Gasteiger partial charge in [0.2, 0.25) is 0 Å². The van der Waals surface area contributed by atoms with Crippen molar-refractivity contribution in [2.75, 3.05) is 20.6 Å². The molecule has 156 valence electrons. The fourth-order valence-corrected chi connectivity index (χ4v) is 3.26. The molecular weight excluding hydrogens is 435 g/mol. The van der Waals surface area contributed by atoms with Gasteiger partial charge in [-0.3, -0.25) is 0 Å².